The minimum Gasteiger partial charge on any atom is -0.300 e. The van der Waals surface area contributed by atoms with Crippen molar-refractivity contribution < 1.29 is 4.79 Å². The molecule has 0 radical (unpaired) electrons. The van der Waals surface area contributed by atoms with Crippen LogP contribution < -0.4 is 0 Å². The molecular formula is C28H48O. The molecule has 0 amide bonds. The van der Waals surface area contributed by atoms with Crippen molar-refractivity contribution in [3.05, 3.63) is 0 Å². The van der Waals surface area contributed by atoms with Crippen LogP contribution in [0.3, 0.4) is 0 Å². The topological polar surface area (TPSA) is 17.1 Å². The van der Waals surface area contributed by atoms with Crippen molar-refractivity contribution in [1.82, 2.24) is 0 Å². The van der Waals surface area contributed by atoms with E-state index in [1.54, 1.807) is 0 Å². The number of hydrogen-bond donors (Lipinski definition) is 0. The Morgan fingerprint density at radius 1 is 0.897 bits per heavy atom. The number of fused-ring (bicyclic) bond motifs is 5. The van der Waals surface area contributed by atoms with E-state index >= 15 is 0 Å². The molecule has 29 heavy (non-hydrogen) atoms. The summed E-state index contributed by atoms with van der Waals surface area (Å²) in [6, 6.07) is 0. The van der Waals surface area contributed by atoms with Gasteiger partial charge < -0.3 is 0 Å². The quantitative estimate of drug-likeness (QED) is 0.421. The third-order valence-corrected chi connectivity index (χ3v) is 11.0. The second kappa shape index (κ2) is 8.66. The molecule has 0 aromatic heterocycles. The maximum absolute atomic E-state index is 12.2. The maximum Gasteiger partial charge on any atom is 0.132 e. The average Bonchev–Trinajstić information content (AvgIpc) is 3.07. The number of Topliss-reactive ketones (excluding diaryl/α,β-unsaturated/α-hetero) is 1. The highest BCUT2D eigenvalue weighted by molar-refractivity contribution is 5.78. The van der Waals surface area contributed by atoms with Gasteiger partial charge in [0.25, 0.3) is 0 Å². The van der Waals surface area contributed by atoms with Gasteiger partial charge in [0, 0.05) is 12.8 Å². The van der Waals surface area contributed by atoms with Crippen LogP contribution in [0.4, 0.5) is 0 Å². The van der Waals surface area contributed by atoms with Crippen LogP contribution in [0.15, 0.2) is 0 Å². The number of unbranched alkanes of at least 4 members (excludes halogenated alkanes) is 1. The Hall–Kier alpha value is -0.330. The lowest BCUT2D eigenvalue weighted by Crippen LogP contribution is -2.53. The van der Waals surface area contributed by atoms with Crippen molar-refractivity contribution in [3.63, 3.8) is 0 Å². The highest BCUT2D eigenvalue weighted by atomic mass is 16.1. The third-order valence-electron chi connectivity index (χ3n) is 11.0. The Bertz CT molecular complexity index is 581. The number of hydrogen-bond acceptors (Lipinski definition) is 1. The largest absolute Gasteiger partial charge is 0.300 e. The zero-order valence-corrected chi connectivity index (χ0v) is 20.0. The number of ketones is 1. The van der Waals surface area contributed by atoms with E-state index < -0.39 is 0 Å². The molecule has 166 valence electrons. The Balaban J connectivity index is 1.42. The van der Waals surface area contributed by atoms with E-state index in [1.807, 2.05) is 0 Å². The first-order valence-corrected chi connectivity index (χ1v) is 13.4. The molecule has 0 aliphatic heterocycles. The average molecular weight is 401 g/mol. The zero-order chi connectivity index (χ0) is 20.6. The van der Waals surface area contributed by atoms with Gasteiger partial charge in [-0.1, -0.05) is 47.0 Å². The minimum atomic E-state index is 0.519. The van der Waals surface area contributed by atoms with Gasteiger partial charge >= 0.3 is 0 Å². The summed E-state index contributed by atoms with van der Waals surface area (Å²) in [6.45, 7) is 10.0. The lowest BCUT2D eigenvalue weighted by Gasteiger charge is -2.61. The predicted molar refractivity (Wildman–Crippen MR) is 123 cm³/mol. The molecule has 0 spiro atoms. The number of rotatable bonds is 7. The molecule has 0 N–H and O–H groups in total. The minimum absolute atomic E-state index is 0.519. The van der Waals surface area contributed by atoms with E-state index in [1.165, 1.54) is 64.2 Å². The fraction of sp³-hybridized carbons (Fsp3) is 0.964. The fourth-order valence-corrected chi connectivity index (χ4v) is 9.36. The Labute approximate surface area is 181 Å². The molecule has 4 rings (SSSR count). The standard InChI is InChI=1S/C28H48O/c1-5-6-10-22(29)13-11-20(2)24-15-16-25-23-14-12-21-9-7-8-18-27(21,3)26(23)17-19-28(24,25)4/h20-21,23-26H,5-19H2,1-4H3/t20-,21?,23+,24-,25+,26+,27+,28-/m1/s1. The van der Waals surface area contributed by atoms with Gasteiger partial charge in [0.2, 0.25) is 0 Å². The normalized spacial score (nSPS) is 45.2. The monoisotopic (exact) mass is 400 g/mol. The van der Waals surface area contributed by atoms with Gasteiger partial charge in [0.1, 0.15) is 5.78 Å². The molecule has 0 heterocycles. The molecule has 1 heteroatoms. The van der Waals surface area contributed by atoms with Crippen molar-refractivity contribution >= 4 is 5.78 Å². The molecule has 4 aliphatic carbocycles. The first kappa shape index (κ1) is 21.9. The second-order valence-electron chi connectivity index (χ2n) is 12.3. The van der Waals surface area contributed by atoms with Crippen LogP contribution in [0.5, 0.6) is 0 Å². The van der Waals surface area contributed by atoms with Gasteiger partial charge in [-0.25, -0.2) is 0 Å². The van der Waals surface area contributed by atoms with Gasteiger partial charge in [-0.05, 0) is 111 Å². The van der Waals surface area contributed by atoms with Crippen molar-refractivity contribution in [2.45, 2.75) is 124 Å². The van der Waals surface area contributed by atoms with Crippen molar-refractivity contribution in [1.29, 1.82) is 0 Å². The number of carbonyl (C=O) groups excluding carboxylic acids is 1. The molecule has 1 unspecified atom stereocenters. The smallest absolute Gasteiger partial charge is 0.132 e. The molecule has 0 saturated heterocycles. The lowest BCUT2D eigenvalue weighted by molar-refractivity contribution is -0.120. The van der Waals surface area contributed by atoms with Crippen LogP contribution >= 0.6 is 0 Å². The molecule has 4 saturated carbocycles. The van der Waals surface area contributed by atoms with E-state index in [2.05, 4.69) is 27.7 Å². The SMILES string of the molecule is CCCCC(=O)CC[C@@H](C)[C@H]1CC[C@H]2[C@@H]3CCC4CCCC[C@]4(C)[C@H]3CC[C@]12C. The summed E-state index contributed by atoms with van der Waals surface area (Å²) in [5.41, 5.74) is 1.23. The molecule has 0 aromatic carbocycles. The lowest BCUT2D eigenvalue weighted by atomic mass is 9.44. The molecular weight excluding hydrogens is 352 g/mol. The van der Waals surface area contributed by atoms with E-state index in [-0.39, 0.29) is 0 Å². The van der Waals surface area contributed by atoms with Crippen molar-refractivity contribution in [3.8, 4) is 0 Å². The van der Waals surface area contributed by atoms with Crippen LogP contribution in [0.2, 0.25) is 0 Å². The molecule has 8 atom stereocenters. The van der Waals surface area contributed by atoms with Crippen LogP contribution in [0.1, 0.15) is 124 Å². The van der Waals surface area contributed by atoms with Crippen LogP contribution in [-0.4, -0.2) is 5.78 Å². The van der Waals surface area contributed by atoms with Crippen LogP contribution in [0.25, 0.3) is 0 Å². The first-order chi connectivity index (χ1) is 13.9. The summed E-state index contributed by atoms with van der Waals surface area (Å²) < 4.78 is 0. The Kier molecular flexibility index (Phi) is 6.54. The fourth-order valence-electron chi connectivity index (χ4n) is 9.36. The maximum atomic E-state index is 12.2. The van der Waals surface area contributed by atoms with Gasteiger partial charge in [-0.3, -0.25) is 4.79 Å². The predicted octanol–water partition coefficient (Wildman–Crippen LogP) is 8.21. The highest BCUT2D eigenvalue weighted by Crippen LogP contribution is 2.68. The van der Waals surface area contributed by atoms with Gasteiger partial charge in [0.05, 0.1) is 0 Å². The van der Waals surface area contributed by atoms with Crippen molar-refractivity contribution in [2.24, 2.45) is 46.3 Å². The summed E-state index contributed by atoms with van der Waals surface area (Å²) in [5.74, 6) is 6.15. The van der Waals surface area contributed by atoms with Crippen LogP contribution in [-0.2, 0) is 4.79 Å². The summed E-state index contributed by atoms with van der Waals surface area (Å²) in [7, 11) is 0. The summed E-state index contributed by atoms with van der Waals surface area (Å²) in [6.07, 6.45) is 20.0. The molecule has 0 bridgehead atoms. The van der Waals surface area contributed by atoms with E-state index in [0.717, 1.165) is 67.6 Å². The van der Waals surface area contributed by atoms with E-state index in [9.17, 15) is 4.79 Å². The summed E-state index contributed by atoms with van der Waals surface area (Å²) in [4.78, 5) is 12.2. The van der Waals surface area contributed by atoms with Gasteiger partial charge in [0.15, 0.2) is 0 Å². The zero-order valence-electron chi connectivity index (χ0n) is 20.0. The molecule has 4 fully saturated rings. The third kappa shape index (κ3) is 3.87. The molecule has 1 nitrogen and oxygen atoms in total. The molecule has 0 aromatic rings. The molecule has 4 aliphatic rings. The Morgan fingerprint density at radius 2 is 1.69 bits per heavy atom. The number of carbonyl (C=O) groups is 1. The summed E-state index contributed by atoms with van der Waals surface area (Å²) >= 11 is 0. The van der Waals surface area contributed by atoms with Gasteiger partial charge in [-0.2, -0.15) is 0 Å². The van der Waals surface area contributed by atoms with Crippen LogP contribution in [0, 0.1) is 46.3 Å². The van der Waals surface area contributed by atoms with E-state index in [4.69, 9.17) is 0 Å². The van der Waals surface area contributed by atoms with Crippen molar-refractivity contribution in [2.75, 3.05) is 0 Å². The van der Waals surface area contributed by atoms with Gasteiger partial charge in [-0.15, -0.1) is 0 Å². The second-order valence-corrected chi connectivity index (χ2v) is 12.3. The summed E-state index contributed by atoms with van der Waals surface area (Å²) in [5, 5.41) is 0. The Morgan fingerprint density at radius 3 is 2.48 bits per heavy atom. The highest BCUT2D eigenvalue weighted by Gasteiger charge is 2.60. The van der Waals surface area contributed by atoms with E-state index in [0.29, 0.717) is 16.6 Å². The first-order valence-electron chi connectivity index (χ1n) is 13.4.